The Morgan fingerprint density at radius 1 is 1.12 bits per heavy atom. The molecule has 0 radical (unpaired) electrons. The van der Waals surface area contributed by atoms with E-state index in [1.165, 1.54) is 13.0 Å². The molecule has 2 nitrogen and oxygen atoms in total. The summed E-state index contributed by atoms with van der Waals surface area (Å²) in [5.41, 5.74) is 0.363. The van der Waals surface area contributed by atoms with E-state index < -0.39 is 23.5 Å². The molecule has 1 unspecified atom stereocenters. The highest BCUT2D eigenvalue weighted by atomic mass is 19.1. The lowest BCUT2D eigenvalue weighted by Gasteiger charge is -2.13. The number of carbonyl (C=O) groups is 1. The topological polar surface area (TPSA) is 37.3 Å². The summed E-state index contributed by atoms with van der Waals surface area (Å²) < 4.78 is 26.8. The number of hydrogen-bond donors (Lipinski definition) is 1. The van der Waals surface area contributed by atoms with Crippen molar-refractivity contribution in [2.45, 2.75) is 32.6 Å². The van der Waals surface area contributed by atoms with Gasteiger partial charge in [0.2, 0.25) is 0 Å². The number of halogens is 2. The Morgan fingerprint density at radius 2 is 1.62 bits per heavy atom. The Bertz CT molecular complexity index is 414. The monoisotopic (exact) mass is 228 g/mol. The first-order valence-corrected chi connectivity index (χ1v) is 5.06. The molecule has 1 aromatic rings. The molecule has 88 valence electrons. The summed E-state index contributed by atoms with van der Waals surface area (Å²) in [7, 11) is 0. The van der Waals surface area contributed by atoms with Crippen LogP contribution in [0.2, 0.25) is 0 Å². The van der Waals surface area contributed by atoms with Gasteiger partial charge in [0.25, 0.3) is 0 Å². The van der Waals surface area contributed by atoms with Gasteiger partial charge in [0.05, 0.1) is 5.92 Å². The van der Waals surface area contributed by atoms with Gasteiger partial charge in [-0.1, -0.05) is 13.8 Å². The van der Waals surface area contributed by atoms with Crippen molar-refractivity contribution in [2.24, 2.45) is 0 Å². The van der Waals surface area contributed by atoms with Gasteiger partial charge >= 0.3 is 5.97 Å². The maximum absolute atomic E-state index is 13.4. The molecule has 0 saturated heterocycles. The number of aliphatic carboxylic acids is 1. The van der Waals surface area contributed by atoms with Crippen LogP contribution < -0.4 is 0 Å². The van der Waals surface area contributed by atoms with Crippen LogP contribution in [0.4, 0.5) is 8.78 Å². The summed E-state index contributed by atoms with van der Waals surface area (Å²) in [6, 6.07) is 2.05. The van der Waals surface area contributed by atoms with Crippen LogP contribution in [-0.4, -0.2) is 11.1 Å². The fourth-order valence-electron chi connectivity index (χ4n) is 1.49. The normalized spacial score (nSPS) is 12.9. The zero-order valence-electron chi connectivity index (χ0n) is 9.42. The molecule has 0 amide bonds. The Balaban J connectivity index is 3.30. The molecule has 0 bridgehead atoms. The van der Waals surface area contributed by atoms with Crippen LogP contribution in [0.1, 0.15) is 43.7 Å². The van der Waals surface area contributed by atoms with Crippen LogP contribution in [-0.2, 0) is 4.79 Å². The molecule has 0 spiro atoms. The highest BCUT2D eigenvalue weighted by Crippen LogP contribution is 2.26. The number of carboxylic acid groups (broad SMARTS) is 1. The molecule has 4 heteroatoms. The Kier molecular flexibility index (Phi) is 3.62. The molecular formula is C12H14F2O2. The van der Waals surface area contributed by atoms with E-state index in [2.05, 4.69) is 0 Å². The van der Waals surface area contributed by atoms with E-state index in [1.807, 2.05) is 0 Å². The van der Waals surface area contributed by atoms with Crippen molar-refractivity contribution < 1.29 is 18.7 Å². The van der Waals surface area contributed by atoms with Crippen molar-refractivity contribution in [3.63, 3.8) is 0 Å². The molecule has 0 aliphatic rings. The minimum absolute atomic E-state index is 0.0256. The summed E-state index contributed by atoms with van der Waals surface area (Å²) in [5.74, 6) is -3.65. The summed E-state index contributed by atoms with van der Waals surface area (Å²) in [5, 5.41) is 8.80. The van der Waals surface area contributed by atoms with Crippen LogP contribution in [0.5, 0.6) is 0 Å². The highest BCUT2D eigenvalue weighted by Gasteiger charge is 2.21. The maximum atomic E-state index is 13.4. The van der Waals surface area contributed by atoms with E-state index in [4.69, 9.17) is 5.11 Å². The standard InChI is InChI=1S/C12H14F2O2/c1-6(2)8-4-9(7(3)12(15)16)11(14)5-10(8)13/h4-7H,1-3H3,(H,15,16). The molecule has 1 aromatic carbocycles. The maximum Gasteiger partial charge on any atom is 0.310 e. The van der Waals surface area contributed by atoms with E-state index in [9.17, 15) is 13.6 Å². The van der Waals surface area contributed by atoms with Gasteiger partial charge in [0.15, 0.2) is 0 Å². The zero-order valence-corrected chi connectivity index (χ0v) is 9.42. The second kappa shape index (κ2) is 4.60. The third-order valence-electron chi connectivity index (χ3n) is 2.57. The number of hydrogen-bond acceptors (Lipinski definition) is 1. The van der Waals surface area contributed by atoms with Crippen molar-refractivity contribution >= 4 is 5.97 Å². The second-order valence-electron chi connectivity index (χ2n) is 4.11. The average Bonchev–Trinajstić information content (AvgIpc) is 2.16. The third-order valence-corrected chi connectivity index (χ3v) is 2.57. The van der Waals surface area contributed by atoms with Gasteiger partial charge in [-0.05, 0) is 24.5 Å². The molecule has 0 aliphatic heterocycles. The first kappa shape index (κ1) is 12.6. The quantitative estimate of drug-likeness (QED) is 0.862. The van der Waals surface area contributed by atoms with Gasteiger partial charge in [-0.25, -0.2) is 8.78 Å². The van der Waals surface area contributed by atoms with E-state index in [0.717, 1.165) is 6.07 Å². The Hall–Kier alpha value is -1.45. The van der Waals surface area contributed by atoms with Crippen molar-refractivity contribution in [3.05, 3.63) is 34.9 Å². The molecule has 0 heterocycles. The van der Waals surface area contributed by atoms with Crippen molar-refractivity contribution in [1.29, 1.82) is 0 Å². The minimum Gasteiger partial charge on any atom is -0.481 e. The second-order valence-corrected chi connectivity index (χ2v) is 4.11. The lowest BCUT2D eigenvalue weighted by atomic mass is 9.94. The Labute approximate surface area is 92.9 Å². The predicted molar refractivity (Wildman–Crippen MR) is 56.5 cm³/mol. The van der Waals surface area contributed by atoms with Gasteiger partial charge in [-0.15, -0.1) is 0 Å². The van der Waals surface area contributed by atoms with Crippen molar-refractivity contribution in [3.8, 4) is 0 Å². The number of carboxylic acids is 1. The van der Waals surface area contributed by atoms with Crippen LogP contribution in [0.15, 0.2) is 12.1 Å². The lowest BCUT2D eigenvalue weighted by Crippen LogP contribution is -2.11. The molecule has 16 heavy (non-hydrogen) atoms. The zero-order chi connectivity index (χ0) is 12.5. The smallest absolute Gasteiger partial charge is 0.310 e. The van der Waals surface area contributed by atoms with Crippen molar-refractivity contribution in [1.82, 2.24) is 0 Å². The van der Waals surface area contributed by atoms with Crippen LogP contribution in [0.25, 0.3) is 0 Å². The molecule has 1 rings (SSSR count). The molecular weight excluding hydrogens is 214 g/mol. The largest absolute Gasteiger partial charge is 0.481 e. The highest BCUT2D eigenvalue weighted by molar-refractivity contribution is 5.75. The van der Waals surface area contributed by atoms with Crippen LogP contribution in [0.3, 0.4) is 0 Å². The summed E-state index contributed by atoms with van der Waals surface area (Å²) in [6.07, 6.45) is 0. The summed E-state index contributed by atoms with van der Waals surface area (Å²) in [6.45, 7) is 4.92. The molecule has 0 aliphatic carbocycles. The van der Waals surface area contributed by atoms with Gasteiger partial charge < -0.3 is 5.11 Å². The van der Waals surface area contributed by atoms with Crippen LogP contribution in [0, 0.1) is 11.6 Å². The SMILES string of the molecule is CC(C)c1cc(C(C)C(=O)O)c(F)cc1F. The third kappa shape index (κ3) is 2.38. The van der Waals surface area contributed by atoms with Gasteiger partial charge in [0.1, 0.15) is 11.6 Å². The lowest BCUT2D eigenvalue weighted by molar-refractivity contribution is -0.138. The van der Waals surface area contributed by atoms with E-state index in [-0.39, 0.29) is 11.5 Å². The minimum atomic E-state index is -1.12. The van der Waals surface area contributed by atoms with Gasteiger partial charge in [-0.2, -0.15) is 0 Å². The first-order valence-electron chi connectivity index (χ1n) is 5.06. The molecule has 1 N–H and O–H groups in total. The van der Waals surface area contributed by atoms with E-state index in [1.54, 1.807) is 13.8 Å². The first-order chi connectivity index (χ1) is 7.34. The van der Waals surface area contributed by atoms with Crippen molar-refractivity contribution in [2.75, 3.05) is 0 Å². The van der Waals surface area contributed by atoms with Gasteiger partial charge in [0, 0.05) is 11.6 Å². The average molecular weight is 228 g/mol. The fraction of sp³-hybridized carbons (Fsp3) is 0.417. The van der Waals surface area contributed by atoms with E-state index in [0.29, 0.717) is 5.56 Å². The molecule has 1 atom stereocenters. The van der Waals surface area contributed by atoms with E-state index >= 15 is 0 Å². The summed E-state index contributed by atoms with van der Waals surface area (Å²) >= 11 is 0. The number of rotatable bonds is 3. The molecule has 0 fully saturated rings. The fourth-order valence-corrected chi connectivity index (χ4v) is 1.49. The Morgan fingerprint density at radius 3 is 2.06 bits per heavy atom. The molecule has 0 saturated carbocycles. The van der Waals surface area contributed by atoms with Crippen LogP contribution >= 0.6 is 0 Å². The number of benzene rings is 1. The van der Waals surface area contributed by atoms with Gasteiger partial charge in [-0.3, -0.25) is 4.79 Å². The predicted octanol–water partition coefficient (Wildman–Crippen LogP) is 3.28. The molecule has 0 aromatic heterocycles. The summed E-state index contributed by atoms with van der Waals surface area (Å²) in [4.78, 5) is 10.8.